The van der Waals surface area contributed by atoms with Crippen molar-refractivity contribution in [3.8, 4) is 0 Å². The van der Waals surface area contributed by atoms with Crippen LogP contribution in [0.3, 0.4) is 0 Å². The number of alkyl halides is 3. The molecule has 2 atom stereocenters. The summed E-state index contributed by atoms with van der Waals surface area (Å²) >= 11 is 0. The number of nitrogens with one attached hydrogen (secondary N) is 2. The number of halogens is 3. The van der Waals surface area contributed by atoms with Gasteiger partial charge in [-0.2, -0.15) is 13.2 Å². The predicted molar refractivity (Wildman–Crippen MR) is 110 cm³/mol. The first kappa shape index (κ1) is 27.1. The van der Waals surface area contributed by atoms with Crippen LogP contribution in [0, 0.1) is 5.92 Å². The van der Waals surface area contributed by atoms with Gasteiger partial charge in [0.2, 0.25) is 5.91 Å². The Morgan fingerprint density at radius 1 is 1.06 bits per heavy atom. The van der Waals surface area contributed by atoms with Crippen molar-refractivity contribution in [1.29, 1.82) is 0 Å². The van der Waals surface area contributed by atoms with Gasteiger partial charge in [0, 0.05) is 12.8 Å². The molecule has 10 heteroatoms. The topological polar surface area (TPSA) is 102 Å². The highest BCUT2D eigenvalue weighted by molar-refractivity contribution is 5.95. The molecule has 0 aromatic heterocycles. The van der Waals surface area contributed by atoms with Gasteiger partial charge in [-0.05, 0) is 31.2 Å². The van der Waals surface area contributed by atoms with E-state index in [4.69, 9.17) is 0 Å². The van der Waals surface area contributed by atoms with E-state index in [-0.39, 0.29) is 12.8 Å². The van der Waals surface area contributed by atoms with E-state index in [1.807, 2.05) is 0 Å². The molecule has 2 amide bonds. The molecule has 1 aromatic carbocycles. The number of hydrogen-bond acceptors (Lipinski definition) is 5. The minimum atomic E-state index is -5.39. The number of ketones is 1. The first-order valence-corrected chi connectivity index (χ1v) is 10.3. The number of carbonyl (C=O) groups excluding carboxylic acids is 4. The van der Waals surface area contributed by atoms with E-state index < -0.39 is 53.8 Å². The summed E-state index contributed by atoms with van der Waals surface area (Å²) in [6, 6.07) is 7.55. The maximum absolute atomic E-state index is 13.2. The normalized spacial score (nSPS) is 14.2. The number of hydrogen-bond donors (Lipinski definition) is 2. The van der Waals surface area contributed by atoms with Crippen molar-refractivity contribution in [3.05, 3.63) is 35.9 Å². The molecule has 0 heterocycles. The maximum atomic E-state index is 13.2. The summed E-state index contributed by atoms with van der Waals surface area (Å²) in [5.74, 6) is -5.49. The Kier molecular flexibility index (Phi) is 9.86. The lowest BCUT2D eigenvalue weighted by atomic mass is 9.96. The third-order valence-electron chi connectivity index (χ3n) is 4.46. The van der Waals surface area contributed by atoms with Crippen molar-refractivity contribution in [2.45, 2.75) is 71.3 Å². The summed E-state index contributed by atoms with van der Waals surface area (Å²) in [4.78, 5) is 49.3. The van der Waals surface area contributed by atoms with Gasteiger partial charge in [0.05, 0.1) is 6.04 Å². The van der Waals surface area contributed by atoms with Crippen LogP contribution < -0.4 is 10.6 Å². The van der Waals surface area contributed by atoms with E-state index in [9.17, 15) is 32.3 Å². The zero-order valence-corrected chi connectivity index (χ0v) is 18.5. The number of ether oxygens (including phenoxy) is 1. The van der Waals surface area contributed by atoms with Gasteiger partial charge in [-0.3, -0.25) is 14.4 Å². The molecule has 178 valence electrons. The largest absolute Gasteiger partial charge is 0.491 e. The Balaban J connectivity index is 3.33. The highest BCUT2D eigenvalue weighted by atomic mass is 19.4. The molecule has 7 nitrogen and oxygen atoms in total. The fraction of sp³-hybridized carbons (Fsp3) is 0.545. The van der Waals surface area contributed by atoms with Crippen LogP contribution in [-0.2, 0) is 30.3 Å². The molecule has 1 aromatic rings. The molecule has 0 saturated carbocycles. The second-order valence-corrected chi connectivity index (χ2v) is 7.94. The molecule has 1 rings (SSSR count). The quantitative estimate of drug-likeness (QED) is 0.392. The number of benzene rings is 1. The van der Waals surface area contributed by atoms with Crippen LogP contribution in [0.15, 0.2) is 30.3 Å². The average molecular weight is 458 g/mol. The Hall–Kier alpha value is -2.91. The molecular formula is C22H29F3N2O5. The lowest BCUT2D eigenvalue weighted by molar-refractivity contribution is -0.219. The van der Waals surface area contributed by atoms with Gasteiger partial charge in [0.25, 0.3) is 11.6 Å². The van der Waals surface area contributed by atoms with E-state index in [0.29, 0.717) is 12.0 Å². The van der Waals surface area contributed by atoms with Crippen molar-refractivity contribution < 1.29 is 37.1 Å². The van der Waals surface area contributed by atoms with Gasteiger partial charge >= 0.3 is 12.1 Å². The molecule has 0 unspecified atom stereocenters. The van der Waals surface area contributed by atoms with Crippen LogP contribution in [0.4, 0.5) is 13.2 Å². The third-order valence-corrected chi connectivity index (χ3v) is 4.46. The van der Waals surface area contributed by atoms with Crippen molar-refractivity contribution >= 4 is 23.6 Å². The van der Waals surface area contributed by atoms with Crippen molar-refractivity contribution in [2.24, 2.45) is 5.92 Å². The van der Waals surface area contributed by atoms with E-state index in [2.05, 4.69) is 15.4 Å². The standard InChI is InChI=1S/C22H29F3N2O5/c1-5-9-18(29)27-21(13-14(2)3,32-20(31)22(23,24)25)19(30)26-17(15(4)28)12-16-10-7-6-8-11-16/h6-8,10-11,14,17H,5,9,12-13H2,1-4H3,(H,26,30)(H,27,29)/t17-,21+/m0/s1. The van der Waals surface area contributed by atoms with Gasteiger partial charge < -0.3 is 15.4 Å². The first-order valence-electron chi connectivity index (χ1n) is 10.3. The molecule has 0 aliphatic heterocycles. The Bertz CT molecular complexity index is 812. The van der Waals surface area contributed by atoms with E-state index in [1.54, 1.807) is 51.1 Å². The van der Waals surface area contributed by atoms with Gasteiger partial charge in [-0.25, -0.2) is 4.79 Å². The predicted octanol–water partition coefficient (Wildman–Crippen LogP) is 3.07. The lowest BCUT2D eigenvalue weighted by Gasteiger charge is -2.35. The number of rotatable bonds is 11. The van der Waals surface area contributed by atoms with Crippen molar-refractivity contribution in [3.63, 3.8) is 0 Å². The summed E-state index contributed by atoms with van der Waals surface area (Å²) < 4.78 is 43.5. The van der Waals surface area contributed by atoms with Crippen molar-refractivity contribution in [2.75, 3.05) is 0 Å². The molecular weight excluding hydrogens is 429 g/mol. The van der Waals surface area contributed by atoms with E-state index >= 15 is 0 Å². The molecule has 2 N–H and O–H groups in total. The Morgan fingerprint density at radius 2 is 1.66 bits per heavy atom. The van der Waals surface area contributed by atoms with Gasteiger partial charge in [-0.1, -0.05) is 51.1 Å². The van der Waals surface area contributed by atoms with Crippen LogP contribution in [0.2, 0.25) is 0 Å². The highest BCUT2D eigenvalue weighted by Gasteiger charge is 2.51. The summed E-state index contributed by atoms with van der Waals surface area (Å²) in [7, 11) is 0. The lowest BCUT2D eigenvalue weighted by Crippen LogP contribution is -2.64. The number of carbonyl (C=O) groups is 4. The maximum Gasteiger partial charge on any atom is 0.491 e. The SMILES string of the molecule is CCCC(=O)N[C@](CC(C)C)(OC(=O)C(F)(F)F)C(=O)N[C@@H](Cc1ccccc1)C(C)=O. The summed E-state index contributed by atoms with van der Waals surface area (Å²) in [5, 5.41) is 4.54. The molecule has 0 aliphatic rings. The highest BCUT2D eigenvalue weighted by Crippen LogP contribution is 2.26. The van der Waals surface area contributed by atoms with E-state index in [0.717, 1.165) is 0 Å². The van der Waals surface area contributed by atoms with Crippen LogP contribution in [-0.4, -0.2) is 41.5 Å². The average Bonchev–Trinajstić information content (AvgIpc) is 2.66. The van der Waals surface area contributed by atoms with Gasteiger partial charge in [0.1, 0.15) is 0 Å². The minimum Gasteiger partial charge on any atom is -0.423 e. The Morgan fingerprint density at radius 3 is 2.12 bits per heavy atom. The minimum absolute atomic E-state index is 0.0653. The molecule has 0 fully saturated rings. The summed E-state index contributed by atoms with van der Waals surface area (Å²) in [5.41, 5.74) is -1.93. The zero-order chi connectivity index (χ0) is 24.5. The van der Waals surface area contributed by atoms with E-state index in [1.165, 1.54) is 6.92 Å². The monoisotopic (exact) mass is 458 g/mol. The van der Waals surface area contributed by atoms with Crippen LogP contribution in [0.5, 0.6) is 0 Å². The molecule has 0 radical (unpaired) electrons. The fourth-order valence-electron chi connectivity index (χ4n) is 3.04. The fourth-order valence-corrected chi connectivity index (χ4v) is 3.04. The smallest absolute Gasteiger partial charge is 0.423 e. The molecule has 32 heavy (non-hydrogen) atoms. The molecule has 0 saturated heterocycles. The molecule has 0 bridgehead atoms. The zero-order valence-electron chi connectivity index (χ0n) is 18.5. The molecule has 0 spiro atoms. The Labute approximate surface area is 185 Å². The van der Waals surface area contributed by atoms with Crippen LogP contribution >= 0.6 is 0 Å². The molecule has 0 aliphatic carbocycles. The van der Waals surface area contributed by atoms with Crippen molar-refractivity contribution in [1.82, 2.24) is 10.6 Å². The summed E-state index contributed by atoms with van der Waals surface area (Å²) in [6.45, 7) is 6.05. The summed E-state index contributed by atoms with van der Waals surface area (Å²) in [6.07, 6.45) is -5.50. The first-order chi connectivity index (χ1) is 14.8. The third kappa shape index (κ3) is 8.32. The number of amides is 2. The second-order valence-electron chi connectivity index (χ2n) is 7.94. The number of Topliss-reactive ketones (excluding diaryl/α,β-unsaturated/α-hetero) is 1. The van der Waals surface area contributed by atoms with Crippen LogP contribution in [0.1, 0.15) is 52.5 Å². The van der Waals surface area contributed by atoms with Gasteiger partial charge in [-0.15, -0.1) is 0 Å². The van der Waals surface area contributed by atoms with Gasteiger partial charge in [0.15, 0.2) is 5.78 Å². The second kappa shape index (κ2) is 11.6. The van der Waals surface area contributed by atoms with Crippen LogP contribution in [0.25, 0.3) is 0 Å². The number of esters is 1.